The Bertz CT molecular complexity index is 855. The van der Waals surface area contributed by atoms with Crippen LogP contribution in [0.5, 0.6) is 0 Å². The molecule has 3 aromatic rings. The van der Waals surface area contributed by atoms with Gasteiger partial charge in [0.15, 0.2) is 0 Å². The van der Waals surface area contributed by atoms with Crippen molar-refractivity contribution in [3.63, 3.8) is 0 Å². The minimum atomic E-state index is 0.227. The largest absolute Gasteiger partial charge is 0.309 e. The molecule has 1 aliphatic heterocycles. The average molecular weight is 315 g/mol. The van der Waals surface area contributed by atoms with E-state index >= 15 is 0 Å². The molecule has 0 bridgehead atoms. The van der Waals surface area contributed by atoms with E-state index in [1.54, 1.807) is 0 Å². The van der Waals surface area contributed by atoms with E-state index in [1.165, 1.54) is 21.9 Å². The van der Waals surface area contributed by atoms with Gasteiger partial charge in [-0.2, -0.15) is 0 Å². The highest BCUT2D eigenvalue weighted by atomic mass is 15.4. The zero-order valence-electron chi connectivity index (χ0n) is 13.6. The van der Waals surface area contributed by atoms with Crippen molar-refractivity contribution in [1.29, 1.82) is 0 Å². The normalized spacial score (nSPS) is 15.6. The summed E-state index contributed by atoms with van der Waals surface area (Å²) in [6, 6.07) is 25.9. The molecule has 1 aliphatic rings. The van der Waals surface area contributed by atoms with E-state index in [4.69, 9.17) is 4.99 Å². The Balaban J connectivity index is 1.74. The predicted molar refractivity (Wildman–Crippen MR) is 100 cm³/mol. The van der Waals surface area contributed by atoms with Gasteiger partial charge in [-0.05, 0) is 28.3 Å². The highest BCUT2D eigenvalue weighted by Crippen LogP contribution is 2.26. The van der Waals surface area contributed by atoms with Gasteiger partial charge in [-0.3, -0.25) is 4.99 Å². The van der Waals surface area contributed by atoms with Crippen molar-refractivity contribution in [1.82, 2.24) is 10.9 Å². The van der Waals surface area contributed by atoms with Gasteiger partial charge in [0.05, 0.1) is 6.54 Å². The number of rotatable bonds is 4. The van der Waals surface area contributed by atoms with Crippen LogP contribution in [0.2, 0.25) is 0 Å². The van der Waals surface area contributed by atoms with Crippen molar-refractivity contribution < 1.29 is 0 Å². The third-order valence-electron chi connectivity index (χ3n) is 4.52. The second kappa shape index (κ2) is 6.85. The van der Waals surface area contributed by atoms with E-state index in [0.29, 0.717) is 0 Å². The number of nitrogens with one attached hydrogen (secondary N) is 2. The average Bonchev–Trinajstić information content (AvgIpc) is 2.67. The van der Waals surface area contributed by atoms with Gasteiger partial charge in [0, 0.05) is 12.5 Å². The van der Waals surface area contributed by atoms with Crippen LogP contribution < -0.4 is 10.9 Å². The topological polar surface area (TPSA) is 36.4 Å². The number of hydrazine groups is 1. The van der Waals surface area contributed by atoms with Crippen molar-refractivity contribution in [3.05, 3.63) is 83.9 Å². The van der Waals surface area contributed by atoms with Gasteiger partial charge < -0.3 is 5.43 Å². The lowest BCUT2D eigenvalue weighted by Gasteiger charge is -2.25. The number of benzene rings is 3. The molecule has 2 N–H and O–H groups in total. The lowest BCUT2D eigenvalue weighted by Crippen LogP contribution is -2.46. The quantitative estimate of drug-likeness (QED) is 0.770. The first-order valence-electron chi connectivity index (χ1n) is 8.46. The lowest BCUT2D eigenvalue weighted by atomic mass is 9.89. The zero-order chi connectivity index (χ0) is 16.2. The first-order chi connectivity index (χ1) is 11.9. The summed E-state index contributed by atoms with van der Waals surface area (Å²) in [5, 5.41) is 2.55. The molecule has 120 valence electrons. The van der Waals surface area contributed by atoms with E-state index in [-0.39, 0.29) is 5.92 Å². The molecule has 0 spiro atoms. The molecule has 0 aliphatic carbocycles. The molecule has 0 aromatic heterocycles. The maximum atomic E-state index is 4.73. The van der Waals surface area contributed by atoms with E-state index in [0.717, 1.165) is 25.3 Å². The Kier molecular flexibility index (Phi) is 4.26. The monoisotopic (exact) mass is 315 g/mol. The third-order valence-corrected chi connectivity index (χ3v) is 4.52. The SMILES string of the molecule is c1ccc(CC(C2=NCCNN2)c2ccc3ccccc3c2)cc1. The Morgan fingerprint density at radius 1 is 0.875 bits per heavy atom. The van der Waals surface area contributed by atoms with Crippen LogP contribution in [0.1, 0.15) is 17.0 Å². The summed E-state index contributed by atoms with van der Waals surface area (Å²) in [5.74, 6) is 1.25. The summed E-state index contributed by atoms with van der Waals surface area (Å²) in [6.45, 7) is 1.69. The van der Waals surface area contributed by atoms with Gasteiger partial charge >= 0.3 is 0 Å². The number of amidine groups is 1. The summed E-state index contributed by atoms with van der Waals surface area (Å²) in [6.07, 6.45) is 0.937. The molecule has 0 amide bonds. The predicted octanol–water partition coefficient (Wildman–Crippen LogP) is 3.67. The molecule has 3 nitrogen and oxygen atoms in total. The summed E-state index contributed by atoms with van der Waals surface area (Å²) in [7, 11) is 0. The van der Waals surface area contributed by atoms with E-state index in [9.17, 15) is 0 Å². The van der Waals surface area contributed by atoms with Crippen molar-refractivity contribution in [2.75, 3.05) is 13.1 Å². The number of fused-ring (bicyclic) bond motifs is 1. The van der Waals surface area contributed by atoms with Crippen LogP contribution in [-0.4, -0.2) is 18.9 Å². The van der Waals surface area contributed by atoms with Crippen LogP contribution in [0, 0.1) is 0 Å². The number of hydrogen-bond donors (Lipinski definition) is 2. The number of nitrogens with zero attached hydrogens (tertiary/aromatic N) is 1. The Morgan fingerprint density at radius 3 is 2.46 bits per heavy atom. The molecular weight excluding hydrogens is 294 g/mol. The second-order valence-corrected chi connectivity index (χ2v) is 6.17. The summed E-state index contributed by atoms with van der Waals surface area (Å²) in [4.78, 5) is 4.73. The minimum Gasteiger partial charge on any atom is -0.309 e. The minimum absolute atomic E-state index is 0.227. The fourth-order valence-electron chi connectivity index (χ4n) is 3.27. The van der Waals surface area contributed by atoms with E-state index in [1.807, 2.05) is 0 Å². The van der Waals surface area contributed by atoms with Crippen molar-refractivity contribution in [2.45, 2.75) is 12.3 Å². The number of aliphatic imine (C=N–C) groups is 1. The first kappa shape index (κ1) is 14.9. The Labute approximate surface area is 142 Å². The molecule has 0 radical (unpaired) electrons. The van der Waals surface area contributed by atoms with Crippen LogP contribution >= 0.6 is 0 Å². The molecule has 3 aromatic carbocycles. The van der Waals surface area contributed by atoms with Crippen molar-refractivity contribution in [2.24, 2.45) is 4.99 Å². The van der Waals surface area contributed by atoms with Crippen molar-refractivity contribution >= 4 is 16.6 Å². The van der Waals surface area contributed by atoms with Crippen LogP contribution in [0.3, 0.4) is 0 Å². The van der Waals surface area contributed by atoms with E-state index < -0.39 is 0 Å². The lowest BCUT2D eigenvalue weighted by molar-refractivity contribution is 0.601. The fourth-order valence-corrected chi connectivity index (χ4v) is 3.27. The molecule has 1 atom stereocenters. The molecule has 0 saturated carbocycles. The molecule has 4 rings (SSSR count). The zero-order valence-corrected chi connectivity index (χ0v) is 13.6. The van der Waals surface area contributed by atoms with E-state index in [2.05, 4.69) is 83.6 Å². The maximum Gasteiger partial charge on any atom is 0.118 e. The molecule has 24 heavy (non-hydrogen) atoms. The highest BCUT2D eigenvalue weighted by Gasteiger charge is 2.20. The third kappa shape index (κ3) is 3.17. The second-order valence-electron chi connectivity index (χ2n) is 6.17. The van der Waals surface area contributed by atoms with Crippen molar-refractivity contribution in [3.8, 4) is 0 Å². The van der Waals surface area contributed by atoms with Crippen LogP contribution in [-0.2, 0) is 6.42 Å². The summed E-state index contributed by atoms with van der Waals surface area (Å²) >= 11 is 0. The highest BCUT2D eigenvalue weighted by molar-refractivity contribution is 5.91. The summed E-state index contributed by atoms with van der Waals surface area (Å²) in [5.41, 5.74) is 9.14. The molecule has 0 saturated heterocycles. The van der Waals surface area contributed by atoms with Gasteiger partial charge in [0.25, 0.3) is 0 Å². The van der Waals surface area contributed by atoms with Gasteiger partial charge in [-0.1, -0.05) is 72.8 Å². The molecule has 1 heterocycles. The van der Waals surface area contributed by atoms with Gasteiger partial charge in [-0.15, -0.1) is 0 Å². The Hall–Kier alpha value is -2.65. The first-order valence-corrected chi connectivity index (χ1v) is 8.46. The molecule has 0 fully saturated rings. The molecular formula is C21H21N3. The number of hydrogen-bond acceptors (Lipinski definition) is 3. The van der Waals surface area contributed by atoms with Crippen LogP contribution in [0.25, 0.3) is 10.8 Å². The van der Waals surface area contributed by atoms with Gasteiger partial charge in [0.1, 0.15) is 5.84 Å². The molecule has 1 unspecified atom stereocenters. The Morgan fingerprint density at radius 2 is 1.67 bits per heavy atom. The smallest absolute Gasteiger partial charge is 0.118 e. The standard InChI is InChI=1S/C21H21N3/c1-2-6-16(7-3-1)14-20(21-22-12-13-23-24-21)19-11-10-17-8-4-5-9-18(17)15-19/h1-11,15,20,23H,12-14H2,(H,22,24). The summed E-state index contributed by atoms with van der Waals surface area (Å²) < 4.78 is 0. The van der Waals surface area contributed by atoms with Gasteiger partial charge in [-0.25, -0.2) is 5.43 Å². The van der Waals surface area contributed by atoms with Crippen LogP contribution in [0.4, 0.5) is 0 Å². The van der Waals surface area contributed by atoms with Gasteiger partial charge in [0.2, 0.25) is 0 Å². The molecule has 3 heteroatoms. The maximum absolute atomic E-state index is 4.73. The van der Waals surface area contributed by atoms with Crippen LogP contribution in [0.15, 0.2) is 77.8 Å². The fraction of sp³-hybridized carbons (Fsp3) is 0.190.